The highest BCUT2D eigenvalue weighted by atomic mass is 32.1. The molecule has 1 N–H and O–H groups in total. The topological polar surface area (TPSA) is 45.6 Å². The number of ether oxygens (including phenoxy) is 1. The number of thiazole rings is 1. The van der Waals surface area contributed by atoms with Crippen molar-refractivity contribution in [2.45, 2.75) is 31.8 Å². The Kier molecular flexibility index (Phi) is 4.72. The SMILES string of the molecule is Cc1ncsc1CCN(C)CC1(O)CCOCC1. The van der Waals surface area contributed by atoms with Gasteiger partial charge >= 0.3 is 0 Å². The van der Waals surface area contributed by atoms with E-state index in [1.807, 2.05) is 5.51 Å². The fraction of sp³-hybridized carbons (Fsp3) is 0.769. The van der Waals surface area contributed by atoms with E-state index in [-0.39, 0.29) is 0 Å². The Morgan fingerprint density at radius 1 is 1.50 bits per heavy atom. The third-order valence-electron chi connectivity index (χ3n) is 3.55. The molecule has 0 atom stereocenters. The Bertz CT molecular complexity index is 375. The van der Waals surface area contributed by atoms with E-state index in [0.717, 1.165) is 38.0 Å². The highest BCUT2D eigenvalue weighted by Crippen LogP contribution is 2.21. The van der Waals surface area contributed by atoms with Crippen LogP contribution in [0.4, 0.5) is 0 Å². The van der Waals surface area contributed by atoms with Gasteiger partial charge < -0.3 is 14.7 Å². The van der Waals surface area contributed by atoms with Gasteiger partial charge in [0.15, 0.2) is 0 Å². The molecular formula is C13H22N2O2S. The standard InChI is InChI=1S/C13H22N2O2S/c1-11-12(18-10-14-11)3-6-15(2)9-13(16)4-7-17-8-5-13/h10,16H,3-9H2,1-2H3. The third-order valence-corrected chi connectivity index (χ3v) is 4.55. The van der Waals surface area contributed by atoms with Gasteiger partial charge in [-0.3, -0.25) is 0 Å². The van der Waals surface area contributed by atoms with Crippen molar-refractivity contribution in [3.63, 3.8) is 0 Å². The number of aryl methyl sites for hydroxylation is 1. The number of aliphatic hydroxyl groups is 1. The molecule has 18 heavy (non-hydrogen) atoms. The lowest BCUT2D eigenvalue weighted by Gasteiger charge is -2.35. The Labute approximate surface area is 113 Å². The normalized spacial score (nSPS) is 19.3. The van der Waals surface area contributed by atoms with Crippen LogP contribution in [0.5, 0.6) is 0 Å². The number of rotatable bonds is 5. The molecule has 102 valence electrons. The fourth-order valence-electron chi connectivity index (χ4n) is 2.35. The van der Waals surface area contributed by atoms with E-state index >= 15 is 0 Å². The highest BCUT2D eigenvalue weighted by molar-refractivity contribution is 7.09. The van der Waals surface area contributed by atoms with Gasteiger partial charge in [0, 0.05) is 44.0 Å². The fourth-order valence-corrected chi connectivity index (χ4v) is 3.12. The van der Waals surface area contributed by atoms with Gasteiger partial charge in [-0.25, -0.2) is 4.98 Å². The van der Waals surface area contributed by atoms with Crippen molar-refractivity contribution in [3.05, 3.63) is 16.1 Å². The van der Waals surface area contributed by atoms with Crippen LogP contribution in [-0.2, 0) is 11.2 Å². The molecule has 4 nitrogen and oxygen atoms in total. The summed E-state index contributed by atoms with van der Waals surface area (Å²) in [5, 5.41) is 10.4. The molecular weight excluding hydrogens is 248 g/mol. The molecule has 0 radical (unpaired) electrons. The van der Waals surface area contributed by atoms with Gasteiger partial charge in [-0.2, -0.15) is 0 Å². The molecule has 0 amide bonds. The summed E-state index contributed by atoms with van der Waals surface area (Å²) in [4.78, 5) is 7.82. The summed E-state index contributed by atoms with van der Waals surface area (Å²) in [6, 6.07) is 0. The molecule has 0 aromatic carbocycles. The van der Waals surface area contributed by atoms with Crippen molar-refractivity contribution in [1.29, 1.82) is 0 Å². The van der Waals surface area contributed by atoms with Crippen LogP contribution in [0.3, 0.4) is 0 Å². The van der Waals surface area contributed by atoms with E-state index in [1.54, 1.807) is 11.3 Å². The summed E-state index contributed by atoms with van der Waals surface area (Å²) in [5.41, 5.74) is 2.48. The van der Waals surface area contributed by atoms with E-state index in [9.17, 15) is 5.11 Å². The highest BCUT2D eigenvalue weighted by Gasteiger charge is 2.30. The third kappa shape index (κ3) is 3.75. The first-order valence-electron chi connectivity index (χ1n) is 6.47. The molecule has 0 aliphatic carbocycles. The molecule has 1 aliphatic rings. The predicted octanol–water partition coefficient (Wildman–Crippen LogP) is 1.47. The minimum absolute atomic E-state index is 0.560. The summed E-state index contributed by atoms with van der Waals surface area (Å²) in [7, 11) is 2.07. The van der Waals surface area contributed by atoms with Crippen molar-refractivity contribution >= 4 is 11.3 Å². The van der Waals surface area contributed by atoms with Crippen LogP contribution < -0.4 is 0 Å². The first kappa shape index (κ1) is 13.9. The number of hydrogen-bond donors (Lipinski definition) is 1. The van der Waals surface area contributed by atoms with Gasteiger partial charge in [0.2, 0.25) is 0 Å². The molecule has 0 bridgehead atoms. The minimum Gasteiger partial charge on any atom is -0.388 e. The molecule has 1 aliphatic heterocycles. The van der Waals surface area contributed by atoms with Crippen molar-refractivity contribution in [3.8, 4) is 0 Å². The lowest BCUT2D eigenvalue weighted by atomic mass is 9.94. The number of aromatic nitrogens is 1. The second-order valence-corrected chi connectivity index (χ2v) is 6.12. The van der Waals surface area contributed by atoms with Crippen LogP contribution in [0.2, 0.25) is 0 Å². The lowest BCUT2D eigenvalue weighted by Crippen LogP contribution is -2.46. The van der Waals surface area contributed by atoms with Gasteiger partial charge in [-0.15, -0.1) is 11.3 Å². The summed E-state index contributed by atoms with van der Waals surface area (Å²) in [6.45, 7) is 5.11. The first-order valence-corrected chi connectivity index (χ1v) is 7.35. The Hall–Kier alpha value is -0.490. The Balaban J connectivity index is 1.78. The Morgan fingerprint density at radius 3 is 2.83 bits per heavy atom. The van der Waals surface area contributed by atoms with Crippen LogP contribution in [0, 0.1) is 6.92 Å². The lowest BCUT2D eigenvalue weighted by molar-refractivity contribution is -0.0766. The summed E-state index contributed by atoms with van der Waals surface area (Å²) >= 11 is 1.72. The van der Waals surface area contributed by atoms with Crippen molar-refractivity contribution in [1.82, 2.24) is 9.88 Å². The number of nitrogens with zero attached hydrogens (tertiary/aromatic N) is 2. The number of likely N-dealkylation sites (N-methyl/N-ethyl adjacent to an activating group) is 1. The average molecular weight is 270 g/mol. The zero-order chi connectivity index (χ0) is 13.0. The molecule has 2 rings (SSSR count). The van der Waals surface area contributed by atoms with Crippen molar-refractivity contribution in [2.75, 3.05) is 33.4 Å². The maximum absolute atomic E-state index is 10.4. The molecule has 1 aromatic heterocycles. The van der Waals surface area contributed by atoms with Crippen LogP contribution in [0.1, 0.15) is 23.4 Å². The minimum atomic E-state index is -0.560. The zero-order valence-electron chi connectivity index (χ0n) is 11.2. The molecule has 1 fully saturated rings. The van der Waals surface area contributed by atoms with Gasteiger partial charge in [0.05, 0.1) is 16.8 Å². The average Bonchev–Trinajstić information content (AvgIpc) is 2.72. The summed E-state index contributed by atoms with van der Waals surface area (Å²) < 4.78 is 5.30. The molecule has 1 saturated heterocycles. The molecule has 0 unspecified atom stereocenters. The van der Waals surface area contributed by atoms with E-state index in [4.69, 9.17) is 4.74 Å². The van der Waals surface area contributed by atoms with Gasteiger partial charge in [0.25, 0.3) is 0 Å². The second kappa shape index (κ2) is 6.10. The monoisotopic (exact) mass is 270 g/mol. The van der Waals surface area contributed by atoms with Crippen molar-refractivity contribution < 1.29 is 9.84 Å². The second-order valence-electron chi connectivity index (χ2n) is 5.19. The number of hydrogen-bond acceptors (Lipinski definition) is 5. The molecule has 1 aromatic rings. The molecule has 0 spiro atoms. The largest absolute Gasteiger partial charge is 0.388 e. The first-order chi connectivity index (χ1) is 8.59. The van der Waals surface area contributed by atoms with Crippen LogP contribution in [0.15, 0.2) is 5.51 Å². The van der Waals surface area contributed by atoms with E-state index in [2.05, 4.69) is 23.9 Å². The zero-order valence-corrected chi connectivity index (χ0v) is 12.0. The van der Waals surface area contributed by atoms with E-state index in [1.165, 1.54) is 4.88 Å². The van der Waals surface area contributed by atoms with Crippen molar-refractivity contribution in [2.24, 2.45) is 0 Å². The van der Waals surface area contributed by atoms with E-state index in [0.29, 0.717) is 13.2 Å². The summed E-state index contributed by atoms with van der Waals surface area (Å²) in [5.74, 6) is 0. The van der Waals surface area contributed by atoms with Crippen LogP contribution in [0.25, 0.3) is 0 Å². The molecule has 0 saturated carbocycles. The summed E-state index contributed by atoms with van der Waals surface area (Å²) in [6.07, 6.45) is 2.51. The van der Waals surface area contributed by atoms with Crippen LogP contribution >= 0.6 is 11.3 Å². The quantitative estimate of drug-likeness (QED) is 0.880. The smallest absolute Gasteiger partial charge is 0.0817 e. The maximum atomic E-state index is 10.4. The van der Waals surface area contributed by atoms with E-state index < -0.39 is 5.60 Å². The molecule has 2 heterocycles. The van der Waals surface area contributed by atoms with Crippen LogP contribution in [-0.4, -0.2) is 53.9 Å². The predicted molar refractivity (Wildman–Crippen MR) is 73.1 cm³/mol. The van der Waals surface area contributed by atoms with Gasteiger partial charge in [-0.05, 0) is 20.4 Å². The van der Waals surface area contributed by atoms with Gasteiger partial charge in [0.1, 0.15) is 0 Å². The molecule has 5 heteroatoms. The Morgan fingerprint density at radius 2 is 2.22 bits per heavy atom. The maximum Gasteiger partial charge on any atom is 0.0817 e. The van der Waals surface area contributed by atoms with Gasteiger partial charge in [-0.1, -0.05) is 0 Å².